The lowest BCUT2D eigenvalue weighted by atomic mass is 10.0. The van der Waals surface area contributed by atoms with Crippen LogP contribution in [0.25, 0.3) is 0 Å². The standard InChI is InChI=1S/C14H27NO2S/c1-18(16,17)15-14-12-10-8-6-4-2-3-5-7-9-11-13-14/h6,8,14-15H,2-5,7,9-13H2,1H3/b8-6-. The Morgan fingerprint density at radius 3 is 2.22 bits per heavy atom. The minimum absolute atomic E-state index is 0.116. The summed E-state index contributed by atoms with van der Waals surface area (Å²) in [7, 11) is -3.07. The molecule has 3 nitrogen and oxygen atoms in total. The molecule has 0 saturated carbocycles. The third-order valence-corrected chi connectivity index (χ3v) is 4.16. The van der Waals surface area contributed by atoms with Crippen molar-refractivity contribution in [2.24, 2.45) is 0 Å². The molecule has 0 heterocycles. The maximum atomic E-state index is 11.3. The highest BCUT2D eigenvalue weighted by Crippen LogP contribution is 2.14. The van der Waals surface area contributed by atoms with E-state index in [-0.39, 0.29) is 6.04 Å². The lowest BCUT2D eigenvalue weighted by Gasteiger charge is -2.16. The second-order valence-corrected chi connectivity index (χ2v) is 7.11. The number of allylic oxidation sites excluding steroid dienone is 2. The zero-order valence-corrected chi connectivity index (χ0v) is 12.3. The number of rotatable bonds is 2. The summed E-state index contributed by atoms with van der Waals surface area (Å²) in [5.41, 5.74) is 0. The molecular weight excluding hydrogens is 246 g/mol. The first-order valence-electron chi connectivity index (χ1n) is 7.20. The number of sulfonamides is 1. The molecule has 0 aromatic carbocycles. The van der Waals surface area contributed by atoms with Crippen molar-refractivity contribution in [3.05, 3.63) is 12.2 Å². The van der Waals surface area contributed by atoms with Crippen LogP contribution < -0.4 is 4.72 Å². The maximum Gasteiger partial charge on any atom is 0.208 e. The molecule has 0 aromatic rings. The van der Waals surface area contributed by atoms with Gasteiger partial charge in [0, 0.05) is 6.04 Å². The van der Waals surface area contributed by atoms with Crippen LogP contribution in [-0.4, -0.2) is 20.7 Å². The van der Waals surface area contributed by atoms with E-state index in [1.54, 1.807) is 0 Å². The van der Waals surface area contributed by atoms with E-state index in [9.17, 15) is 8.42 Å². The summed E-state index contributed by atoms with van der Waals surface area (Å²) in [5, 5.41) is 0. The highest BCUT2D eigenvalue weighted by molar-refractivity contribution is 7.88. The Bertz CT molecular complexity index is 336. The van der Waals surface area contributed by atoms with Crippen LogP contribution in [0.2, 0.25) is 0 Å². The first kappa shape index (κ1) is 15.7. The number of nitrogens with one attached hydrogen (secondary N) is 1. The zero-order valence-electron chi connectivity index (χ0n) is 11.5. The molecular formula is C14H27NO2S. The van der Waals surface area contributed by atoms with Crippen molar-refractivity contribution in [3.8, 4) is 0 Å². The largest absolute Gasteiger partial charge is 0.213 e. The molecule has 0 bridgehead atoms. The lowest BCUT2D eigenvalue weighted by molar-refractivity contribution is 0.478. The second kappa shape index (κ2) is 8.70. The highest BCUT2D eigenvalue weighted by Gasteiger charge is 2.12. The summed E-state index contributed by atoms with van der Waals surface area (Å²) < 4.78 is 25.4. The molecule has 1 unspecified atom stereocenters. The second-order valence-electron chi connectivity index (χ2n) is 5.33. The van der Waals surface area contributed by atoms with Crippen LogP contribution in [-0.2, 0) is 10.0 Å². The predicted octanol–water partition coefficient (Wildman–Crippen LogP) is 3.38. The molecule has 0 aromatic heterocycles. The van der Waals surface area contributed by atoms with Gasteiger partial charge >= 0.3 is 0 Å². The molecule has 106 valence electrons. The fourth-order valence-electron chi connectivity index (χ4n) is 2.46. The van der Waals surface area contributed by atoms with Crippen molar-refractivity contribution >= 4 is 10.0 Å². The fourth-order valence-corrected chi connectivity index (χ4v) is 3.30. The van der Waals surface area contributed by atoms with Crippen molar-refractivity contribution in [1.29, 1.82) is 0 Å². The van der Waals surface area contributed by atoms with E-state index in [0.29, 0.717) is 0 Å². The van der Waals surface area contributed by atoms with Gasteiger partial charge in [0.2, 0.25) is 10.0 Å². The van der Waals surface area contributed by atoms with Crippen LogP contribution in [0.3, 0.4) is 0 Å². The first-order chi connectivity index (χ1) is 8.58. The number of hydrogen-bond donors (Lipinski definition) is 1. The van der Waals surface area contributed by atoms with Crippen LogP contribution in [0.15, 0.2) is 12.2 Å². The van der Waals surface area contributed by atoms with Crippen LogP contribution in [0, 0.1) is 0 Å². The third kappa shape index (κ3) is 8.70. The van der Waals surface area contributed by atoms with Gasteiger partial charge in [-0.15, -0.1) is 0 Å². The van der Waals surface area contributed by atoms with E-state index in [1.165, 1.54) is 44.8 Å². The van der Waals surface area contributed by atoms with Gasteiger partial charge in [-0.25, -0.2) is 13.1 Å². The molecule has 0 fully saturated rings. The van der Waals surface area contributed by atoms with Gasteiger partial charge in [0.15, 0.2) is 0 Å². The van der Waals surface area contributed by atoms with E-state index in [0.717, 1.165) is 25.7 Å². The SMILES string of the molecule is CS(=O)(=O)NC1CC/C=C\CCCCCCCC1. The van der Waals surface area contributed by atoms with Crippen LogP contribution in [0.1, 0.15) is 64.2 Å². The third-order valence-electron chi connectivity index (χ3n) is 3.40. The average molecular weight is 273 g/mol. The molecule has 1 aliphatic carbocycles. The van der Waals surface area contributed by atoms with Crippen molar-refractivity contribution < 1.29 is 8.42 Å². The van der Waals surface area contributed by atoms with Gasteiger partial charge in [-0.2, -0.15) is 0 Å². The molecule has 0 radical (unpaired) electrons. The Morgan fingerprint density at radius 2 is 1.50 bits per heavy atom. The summed E-state index contributed by atoms with van der Waals surface area (Å²) in [5.74, 6) is 0. The van der Waals surface area contributed by atoms with E-state index >= 15 is 0 Å². The lowest BCUT2D eigenvalue weighted by Crippen LogP contribution is -2.33. The topological polar surface area (TPSA) is 46.2 Å². The molecule has 0 saturated heterocycles. The monoisotopic (exact) mass is 273 g/mol. The van der Waals surface area contributed by atoms with Crippen LogP contribution in [0.4, 0.5) is 0 Å². The fraction of sp³-hybridized carbons (Fsp3) is 0.857. The Kier molecular flexibility index (Phi) is 7.59. The zero-order chi connectivity index (χ0) is 13.3. The van der Waals surface area contributed by atoms with Gasteiger partial charge < -0.3 is 0 Å². The maximum absolute atomic E-state index is 11.3. The van der Waals surface area contributed by atoms with E-state index in [2.05, 4.69) is 16.9 Å². The molecule has 1 rings (SSSR count). The average Bonchev–Trinajstić information content (AvgIpc) is 2.29. The summed E-state index contributed by atoms with van der Waals surface area (Å²) in [6.45, 7) is 0. The Labute approximate surface area is 112 Å². The van der Waals surface area contributed by atoms with Crippen molar-refractivity contribution in [2.45, 2.75) is 70.3 Å². The van der Waals surface area contributed by atoms with Crippen molar-refractivity contribution in [1.82, 2.24) is 4.72 Å². The minimum atomic E-state index is -3.07. The number of hydrogen-bond acceptors (Lipinski definition) is 2. The normalized spacial score (nSPS) is 26.6. The molecule has 0 amide bonds. The summed E-state index contributed by atoms with van der Waals surface area (Å²) in [6.07, 6.45) is 17.3. The van der Waals surface area contributed by atoms with E-state index in [4.69, 9.17) is 0 Å². The van der Waals surface area contributed by atoms with Gasteiger partial charge in [-0.05, 0) is 32.1 Å². The molecule has 18 heavy (non-hydrogen) atoms. The summed E-state index contributed by atoms with van der Waals surface area (Å²) >= 11 is 0. The van der Waals surface area contributed by atoms with E-state index in [1.807, 2.05) is 0 Å². The molecule has 1 aliphatic rings. The van der Waals surface area contributed by atoms with Crippen molar-refractivity contribution in [2.75, 3.05) is 6.26 Å². The quantitative estimate of drug-likeness (QED) is 0.784. The van der Waals surface area contributed by atoms with Gasteiger partial charge in [0.1, 0.15) is 0 Å². The van der Waals surface area contributed by atoms with Gasteiger partial charge in [-0.3, -0.25) is 0 Å². The van der Waals surface area contributed by atoms with Gasteiger partial charge in [0.25, 0.3) is 0 Å². The van der Waals surface area contributed by atoms with Crippen LogP contribution in [0.5, 0.6) is 0 Å². The smallest absolute Gasteiger partial charge is 0.208 e. The molecule has 0 spiro atoms. The van der Waals surface area contributed by atoms with Gasteiger partial charge in [-0.1, -0.05) is 44.3 Å². The van der Waals surface area contributed by atoms with Crippen LogP contribution >= 0.6 is 0 Å². The van der Waals surface area contributed by atoms with E-state index < -0.39 is 10.0 Å². The minimum Gasteiger partial charge on any atom is -0.213 e. The molecule has 4 heteroatoms. The Hall–Kier alpha value is -0.350. The van der Waals surface area contributed by atoms with Crippen molar-refractivity contribution in [3.63, 3.8) is 0 Å². The Morgan fingerprint density at radius 1 is 0.889 bits per heavy atom. The molecule has 1 atom stereocenters. The highest BCUT2D eigenvalue weighted by atomic mass is 32.2. The van der Waals surface area contributed by atoms with Gasteiger partial charge in [0.05, 0.1) is 6.26 Å². The molecule has 0 aliphatic heterocycles. The summed E-state index contributed by atoms with van der Waals surface area (Å²) in [6, 6.07) is 0.116. The summed E-state index contributed by atoms with van der Waals surface area (Å²) in [4.78, 5) is 0. The predicted molar refractivity (Wildman–Crippen MR) is 77.1 cm³/mol. The first-order valence-corrected chi connectivity index (χ1v) is 9.09. The Balaban J connectivity index is 2.44. The molecule has 1 N–H and O–H groups in total.